The summed E-state index contributed by atoms with van der Waals surface area (Å²) in [5.74, 6) is 0. The van der Waals surface area contributed by atoms with E-state index < -0.39 is 5.67 Å². The second kappa shape index (κ2) is 2.44. The highest BCUT2D eigenvalue weighted by molar-refractivity contribution is 4.99. The standard InChI is InChI=1S/C9H18FN/c1-5-9(10)6-11(7-9)8(2,3)4/h5-7H2,1-4H3. The molecule has 0 saturated carbocycles. The Morgan fingerprint density at radius 2 is 1.82 bits per heavy atom. The van der Waals surface area contributed by atoms with Crippen LogP contribution in [0.15, 0.2) is 0 Å². The molecule has 1 aliphatic heterocycles. The smallest absolute Gasteiger partial charge is 0.136 e. The number of halogens is 1. The molecule has 0 unspecified atom stereocenters. The highest BCUT2D eigenvalue weighted by Gasteiger charge is 2.45. The van der Waals surface area contributed by atoms with Crippen LogP contribution >= 0.6 is 0 Å². The van der Waals surface area contributed by atoms with Gasteiger partial charge < -0.3 is 0 Å². The quantitative estimate of drug-likeness (QED) is 0.567. The fraction of sp³-hybridized carbons (Fsp3) is 1.00. The zero-order valence-electron chi connectivity index (χ0n) is 7.95. The molecule has 0 aromatic carbocycles. The van der Waals surface area contributed by atoms with Gasteiger partial charge >= 0.3 is 0 Å². The molecule has 1 rings (SSSR count). The Hall–Kier alpha value is -0.110. The molecule has 0 N–H and O–H groups in total. The third-order valence-corrected chi connectivity index (χ3v) is 2.53. The second-order valence-corrected chi connectivity index (χ2v) is 4.53. The fourth-order valence-corrected chi connectivity index (χ4v) is 1.34. The van der Waals surface area contributed by atoms with Crippen molar-refractivity contribution in [3.8, 4) is 0 Å². The topological polar surface area (TPSA) is 3.24 Å². The van der Waals surface area contributed by atoms with Crippen molar-refractivity contribution in [2.45, 2.75) is 45.3 Å². The Morgan fingerprint density at radius 3 is 2.09 bits per heavy atom. The lowest BCUT2D eigenvalue weighted by Gasteiger charge is -2.51. The lowest BCUT2D eigenvalue weighted by atomic mass is 9.88. The summed E-state index contributed by atoms with van der Waals surface area (Å²) in [7, 11) is 0. The molecule has 11 heavy (non-hydrogen) atoms. The maximum Gasteiger partial charge on any atom is 0.136 e. The van der Waals surface area contributed by atoms with Crippen molar-refractivity contribution in [2.24, 2.45) is 0 Å². The zero-order chi connectivity index (χ0) is 8.70. The van der Waals surface area contributed by atoms with Gasteiger partial charge in [0.2, 0.25) is 0 Å². The van der Waals surface area contributed by atoms with Crippen LogP contribution in [0.5, 0.6) is 0 Å². The minimum Gasteiger partial charge on any atom is -0.292 e. The van der Waals surface area contributed by atoms with Crippen LogP contribution in [0.2, 0.25) is 0 Å². The first kappa shape index (κ1) is 8.98. The van der Waals surface area contributed by atoms with E-state index in [-0.39, 0.29) is 5.54 Å². The predicted octanol–water partition coefficient (Wildman–Crippen LogP) is 2.22. The molecule has 1 saturated heterocycles. The third-order valence-electron chi connectivity index (χ3n) is 2.53. The molecular weight excluding hydrogens is 141 g/mol. The van der Waals surface area contributed by atoms with Gasteiger partial charge in [-0.15, -0.1) is 0 Å². The highest BCUT2D eigenvalue weighted by atomic mass is 19.1. The lowest BCUT2D eigenvalue weighted by molar-refractivity contribution is -0.0812. The Morgan fingerprint density at radius 1 is 1.36 bits per heavy atom. The molecule has 1 aliphatic rings. The maximum absolute atomic E-state index is 13.4. The third kappa shape index (κ3) is 1.73. The summed E-state index contributed by atoms with van der Waals surface area (Å²) < 4.78 is 13.4. The van der Waals surface area contributed by atoms with E-state index in [0.717, 1.165) is 0 Å². The van der Waals surface area contributed by atoms with Gasteiger partial charge in [-0.05, 0) is 27.2 Å². The number of rotatable bonds is 1. The molecule has 0 aliphatic carbocycles. The number of likely N-dealkylation sites (tertiary alicyclic amines) is 1. The van der Waals surface area contributed by atoms with Crippen LogP contribution in [0.3, 0.4) is 0 Å². The highest BCUT2D eigenvalue weighted by Crippen LogP contribution is 2.33. The number of alkyl halides is 1. The maximum atomic E-state index is 13.4. The predicted molar refractivity (Wildman–Crippen MR) is 45.5 cm³/mol. The Labute approximate surface area is 68.6 Å². The second-order valence-electron chi connectivity index (χ2n) is 4.53. The molecule has 0 atom stereocenters. The van der Waals surface area contributed by atoms with Crippen molar-refractivity contribution >= 4 is 0 Å². The van der Waals surface area contributed by atoms with Crippen LogP contribution in [0, 0.1) is 0 Å². The number of nitrogens with zero attached hydrogens (tertiary/aromatic N) is 1. The normalized spacial score (nSPS) is 24.8. The molecule has 1 heterocycles. The molecule has 0 radical (unpaired) electrons. The molecule has 2 heteroatoms. The number of hydrogen-bond acceptors (Lipinski definition) is 1. The zero-order valence-corrected chi connectivity index (χ0v) is 7.95. The summed E-state index contributed by atoms with van der Waals surface area (Å²) in [5.41, 5.74) is -0.738. The monoisotopic (exact) mass is 159 g/mol. The molecule has 0 aromatic rings. The first-order chi connectivity index (χ1) is 4.87. The van der Waals surface area contributed by atoms with E-state index in [0.29, 0.717) is 19.5 Å². The summed E-state index contributed by atoms with van der Waals surface area (Å²) in [4.78, 5) is 2.18. The van der Waals surface area contributed by atoms with E-state index >= 15 is 0 Å². The lowest BCUT2D eigenvalue weighted by Crippen LogP contribution is -2.64. The molecule has 0 bridgehead atoms. The first-order valence-electron chi connectivity index (χ1n) is 4.31. The van der Waals surface area contributed by atoms with E-state index in [9.17, 15) is 4.39 Å². The van der Waals surface area contributed by atoms with Crippen LogP contribution < -0.4 is 0 Å². The van der Waals surface area contributed by atoms with Crippen molar-refractivity contribution in [3.63, 3.8) is 0 Å². The van der Waals surface area contributed by atoms with Crippen molar-refractivity contribution in [1.29, 1.82) is 0 Å². The van der Waals surface area contributed by atoms with Crippen molar-refractivity contribution < 1.29 is 4.39 Å². The minimum absolute atomic E-state index is 0.144. The van der Waals surface area contributed by atoms with E-state index in [2.05, 4.69) is 25.7 Å². The molecule has 1 nitrogen and oxygen atoms in total. The Balaban J connectivity index is 2.40. The van der Waals surface area contributed by atoms with Crippen LogP contribution in [0.25, 0.3) is 0 Å². The summed E-state index contributed by atoms with van der Waals surface area (Å²) in [6, 6.07) is 0. The van der Waals surface area contributed by atoms with Gasteiger partial charge in [0, 0.05) is 18.6 Å². The van der Waals surface area contributed by atoms with Gasteiger partial charge in [-0.1, -0.05) is 6.92 Å². The van der Waals surface area contributed by atoms with Gasteiger partial charge in [-0.2, -0.15) is 0 Å². The van der Waals surface area contributed by atoms with Gasteiger partial charge in [-0.3, -0.25) is 4.90 Å². The average Bonchev–Trinajstić information content (AvgIpc) is 1.78. The summed E-state index contributed by atoms with van der Waals surface area (Å²) in [6.45, 7) is 9.53. The van der Waals surface area contributed by atoms with Gasteiger partial charge in [0.25, 0.3) is 0 Å². The fourth-order valence-electron chi connectivity index (χ4n) is 1.34. The molecule has 0 amide bonds. The Kier molecular flexibility index (Phi) is 1.99. The SMILES string of the molecule is CCC1(F)CN(C(C)(C)C)C1. The molecule has 1 fully saturated rings. The number of hydrogen-bond donors (Lipinski definition) is 0. The average molecular weight is 159 g/mol. The van der Waals surface area contributed by atoms with Gasteiger partial charge in [0.15, 0.2) is 0 Å². The summed E-state index contributed by atoms with van der Waals surface area (Å²) >= 11 is 0. The van der Waals surface area contributed by atoms with Crippen LogP contribution in [-0.4, -0.2) is 29.2 Å². The van der Waals surface area contributed by atoms with E-state index in [1.807, 2.05) is 6.92 Å². The molecular formula is C9H18FN. The summed E-state index contributed by atoms with van der Waals surface area (Å²) in [5, 5.41) is 0. The van der Waals surface area contributed by atoms with Gasteiger partial charge in [-0.25, -0.2) is 4.39 Å². The van der Waals surface area contributed by atoms with Crippen LogP contribution in [-0.2, 0) is 0 Å². The van der Waals surface area contributed by atoms with Crippen LogP contribution in [0.1, 0.15) is 34.1 Å². The van der Waals surface area contributed by atoms with E-state index in [4.69, 9.17) is 0 Å². The minimum atomic E-state index is -0.882. The molecule has 66 valence electrons. The van der Waals surface area contributed by atoms with Gasteiger partial charge in [0.05, 0.1) is 0 Å². The van der Waals surface area contributed by atoms with Crippen molar-refractivity contribution in [2.75, 3.05) is 13.1 Å². The van der Waals surface area contributed by atoms with Crippen molar-refractivity contribution in [3.05, 3.63) is 0 Å². The van der Waals surface area contributed by atoms with E-state index in [1.165, 1.54) is 0 Å². The Bertz CT molecular complexity index is 142. The van der Waals surface area contributed by atoms with Crippen molar-refractivity contribution in [1.82, 2.24) is 4.90 Å². The largest absolute Gasteiger partial charge is 0.292 e. The van der Waals surface area contributed by atoms with E-state index in [1.54, 1.807) is 0 Å². The molecule has 0 aromatic heterocycles. The summed E-state index contributed by atoms with van der Waals surface area (Å²) in [6.07, 6.45) is 0.652. The van der Waals surface area contributed by atoms with Gasteiger partial charge in [0.1, 0.15) is 5.67 Å². The molecule has 0 spiro atoms. The first-order valence-corrected chi connectivity index (χ1v) is 4.31. The van der Waals surface area contributed by atoms with Crippen LogP contribution in [0.4, 0.5) is 4.39 Å².